The minimum atomic E-state index is 1.12. The lowest BCUT2D eigenvalue weighted by molar-refractivity contribution is 0.703. The molecule has 0 fully saturated rings. The van der Waals surface area contributed by atoms with Gasteiger partial charge in [-0.2, -0.15) is 0 Å². The smallest absolute Gasteiger partial charge is 0.0708 e. The fourth-order valence-corrected chi connectivity index (χ4v) is 2.77. The Bertz CT molecular complexity index is 530. The molecule has 0 unspecified atom stereocenters. The summed E-state index contributed by atoms with van der Waals surface area (Å²) in [7, 11) is 0. The van der Waals surface area contributed by atoms with E-state index in [4.69, 9.17) is 4.98 Å². The first-order valence-corrected chi connectivity index (χ1v) is 8.22. The van der Waals surface area contributed by atoms with Crippen LogP contribution >= 0.6 is 0 Å². The molecule has 2 aromatic rings. The fourth-order valence-electron chi connectivity index (χ4n) is 2.77. The van der Waals surface area contributed by atoms with E-state index in [1.165, 1.54) is 67.1 Å². The molecule has 0 saturated heterocycles. The maximum Gasteiger partial charge on any atom is 0.0708 e. The summed E-state index contributed by atoms with van der Waals surface area (Å²) in [5.74, 6) is 0. The molecular formula is C19H27N. The second kappa shape index (κ2) is 8.04. The van der Waals surface area contributed by atoms with Gasteiger partial charge in [-0.15, -0.1) is 0 Å². The number of para-hydroxylation sites is 1. The summed E-state index contributed by atoms with van der Waals surface area (Å²) in [6.45, 7) is 4.52. The van der Waals surface area contributed by atoms with Crippen LogP contribution in [0.3, 0.4) is 0 Å². The van der Waals surface area contributed by atoms with Crippen LogP contribution in [0.15, 0.2) is 30.3 Å². The van der Waals surface area contributed by atoms with Crippen LogP contribution in [0, 0.1) is 0 Å². The molecule has 1 aromatic carbocycles. The number of hydrogen-bond acceptors (Lipinski definition) is 1. The zero-order chi connectivity index (χ0) is 14.2. The van der Waals surface area contributed by atoms with Gasteiger partial charge in [-0.25, -0.2) is 0 Å². The van der Waals surface area contributed by atoms with Gasteiger partial charge in [0.2, 0.25) is 0 Å². The highest BCUT2D eigenvalue weighted by atomic mass is 14.7. The topological polar surface area (TPSA) is 12.9 Å². The van der Waals surface area contributed by atoms with Crippen LogP contribution in [0.1, 0.15) is 63.6 Å². The monoisotopic (exact) mass is 269 g/mol. The molecule has 0 radical (unpaired) electrons. The van der Waals surface area contributed by atoms with Crippen molar-refractivity contribution >= 4 is 10.9 Å². The largest absolute Gasteiger partial charge is 0.253 e. The van der Waals surface area contributed by atoms with Crippen molar-refractivity contribution in [1.29, 1.82) is 0 Å². The summed E-state index contributed by atoms with van der Waals surface area (Å²) in [6.07, 6.45) is 10.1. The average molecular weight is 269 g/mol. The van der Waals surface area contributed by atoms with Crippen molar-refractivity contribution in [3.05, 3.63) is 41.6 Å². The van der Waals surface area contributed by atoms with Crippen LogP contribution in [-0.2, 0) is 12.8 Å². The van der Waals surface area contributed by atoms with E-state index in [2.05, 4.69) is 44.2 Å². The lowest BCUT2D eigenvalue weighted by Gasteiger charge is -2.09. The predicted octanol–water partition coefficient (Wildman–Crippen LogP) is 5.70. The molecule has 0 saturated carbocycles. The van der Waals surface area contributed by atoms with Crippen molar-refractivity contribution in [2.45, 2.75) is 65.2 Å². The lowest BCUT2D eigenvalue weighted by Crippen LogP contribution is -1.96. The van der Waals surface area contributed by atoms with E-state index in [1.54, 1.807) is 0 Å². The van der Waals surface area contributed by atoms with Gasteiger partial charge in [0.05, 0.1) is 5.52 Å². The van der Waals surface area contributed by atoms with Gasteiger partial charge in [-0.1, -0.05) is 57.7 Å². The van der Waals surface area contributed by atoms with Gasteiger partial charge < -0.3 is 0 Å². The Morgan fingerprint density at radius 3 is 2.30 bits per heavy atom. The second-order valence-corrected chi connectivity index (χ2v) is 5.70. The number of unbranched alkanes of at least 4 members (excludes halogenated alkanes) is 4. The van der Waals surface area contributed by atoms with Crippen molar-refractivity contribution in [2.24, 2.45) is 0 Å². The third kappa shape index (κ3) is 4.06. The minimum Gasteiger partial charge on any atom is -0.253 e. The summed E-state index contributed by atoms with van der Waals surface area (Å²) < 4.78 is 0. The van der Waals surface area contributed by atoms with E-state index in [0.29, 0.717) is 0 Å². The van der Waals surface area contributed by atoms with Gasteiger partial charge in [0.15, 0.2) is 0 Å². The van der Waals surface area contributed by atoms with E-state index >= 15 is 0 Å². The van der Waals surface area contributed by atoms with Crippen molar-refractivity contribution in [2.75, 3.05) is 0 Å². The Balaban J connectivity index is 2.21. The van der Waals surface area contributed by atoms with E-state index in [9.17, 15) is 0 Å². The van der Waals surface area contributed by atoms with Crippen molar-refractivity contribution < 1.29 is 0 Å². The quantitative estimate of drug-likeness (QED) is 0.560. The molecule has 1 heterocycles. The number of aryl methyl sites for hydroxylation is 2. The molecule has 108 valence electrons. The molecule has 2 rings (SSSR count). The number of pyridine rings is 1. The zero-order valence-electron chi connectivity index (χ0n) is 13.0. The first-order valence-electron chi connectivity index (χ1n) is 8.22. The maximum absolute atomic E-state index is 4.84. The Labute approximate surface area is 123 Å². The van der Waals surface area contributed by atoms with Gasteiger partial charge in [-0.05, 0) is 43.4 Å². The van der Waals surface area contributed by atoms with Crippen LogP contribution in [0.5, 0.6) is 0 Å². The third-order valence-corrected chi connectivity index (χ3v) is 3.94. The Kier molecular flexibility index (Phi) is 6.04. The van der Waals surface area contributed by atoms with Gasteiger partial charge in [-0.3, -0.25) is 4.98 Å². The van der Waals surface area contributed by atoms with E-state index in [-0.39, 0.29) is 0 Å². The first kappa shape index (κ1) is 15.0. The van der Waals surface area contributed by atoms with Crippen LogP contribution in [0.4, 0.5) is 0 Å². The van der Waals surface area contributed by atoms with Crippen molar-refractivity contribution in [3.8, 4) is 0 Å². The third-order valence-electron chi connectivity index (χ3n) is 3.94. The first-order chi connectivity index (χ1) is 9.85. The van der Waals surface area contributed by atoms with Crippen LogP contribution < -0.4 is 0 Å². The Morgan fingerprint density at radius 2 is 1.55 bits per heavy atom. The van der Waals surface area contributed by atoms with Crippen LogP contribution in [-0.4, -0.2) is 4.98 Å². The zero-order valence-corrected chi connectivity index (χ0v) is 13.0. The van der Waals surface area contributed by atoms with Crippen molar-refractivity contribution in [1.82, 2.24) is 4.98 Å². The standard InChI is InChI=1S/C19H27N/c1-3-5-7-11-16-15-17(12-8-6-4-2)20-19-14-10-9-13-18(16)19/h9-10,13-15H,3-8,11-12H2,1-2H3. The summed E-state index contributed by atoms with van der Waals surface area (Å²) in [6, 6.07) is 11.0. The Hall–Kier alpha value is -1.37. The number of rotatable bonds is 8. The predicted molar refractivity (Wildman–Crippen MR) is 88.2 cm³/mol. The molecule has 0 amide bonds. The van der Waals surface area contributed by atoms with Crippen molar-refractivity contribution in [3.63, 3.8) is 0 Å². The molecule has 0 bridgehead atoms. The SMILES string of the molecule is CCCCCc1cc(CCCCC)c2ccccc2n1. The molecule has 1 aromatic heterocycles. The van der Waals surface area contributed by atoms with Gasteiger partial charge >= 0.3 is 0 Å². The van der Waals surface area contributed by atoms with E-state index in [1.807, 2.05) is 0 Å². The molecule has 0 aliphatic heterocycles. The molecule has 20 heavy (non-hydrogen) atoms. The summed E-state index contributed by atoms with van der Waals surface area (Å²) >= 11 is 0. The Morgan fingerprint density at radius 1 is 0.850 bits per heavy atom. The molecule has 0 N–H and O–H groups in total. The summed E-state index contributed by atoms with van der Waals surface area (Å²) in [4.78, 5) is 4.84. The number of hydrogen-bond donors (Lipinski definition) is 0. The molecule has 0 atom stereocenters. The molecular weight excluding hydrogens is 242 g/mol. The highest BCUT2D eigenvalue weighted by Crippen LogP contribution is 2.21. The summed E-state index contributed by atoms with van der Waals surface area (Å²) in [5.41, 5.74) is 3.95. The van der Waals surface area contributed by atoms with Crippen LogP contribution in [0.2, 0.25) is 0 Å². The molecule has 0 spiro atoms. The fraction of sp³-hybridized carbons (Fsp3) is 0.526. The average Bonchev–Trinajstić information content (AvgIpc) is 2.48. The van der Waals surface area contributed by atoms with E-state index in [0.717, 1.165) is 6.42 Å². The lowest BCUT2D eigenvalue weighted by atomic mass is 10.0. The van der Waals surface area contributed by atoms with Gasteiger partial charge in [0.1, 0.15) is 0 Å². The number of aromatic nitrogens is 1. The second-order valence-electron chi connectivity index (χ2n) is 5.70. The number of fused-ring (bicyclic) bond motifs is 1. The summed E-state index contributed by atoms with van der Waals surface area (Å²) in [5, 5.41) is 1.35. The maximum atomic E-state index is 4.84. The van der Waals surface area contributed by atoms with Gasteiger partial charge in [0, 0.05) is 11.1 Å². The van der Waals surface area contributed by atoms with Gasteiger partial charge in [0.25, 0.3) is 0 Å². The van der Waals surface area contributed by atoms with Crippen LogP contribution in [0.25, 0.3) is 10.9 Å². The highest BCUT2D eigenvalue weighted by Gasteiger charge is 2.05. The molecule has 1 heteroatoms. The highest BCUT2D eigenvalue weighted by molar-refractivity contribution is 5.82. The normalized spacial score (nSPS) is 11.1. The minimum absolute atomic E-state index is 1.12. The molecule has 0 aliphatic carbocycles. The number of nitrogens with zero attached hydrogens (tertiary/aromatic N) is 1. The van der Waals surface area contributed by atoms with E-state index < -0.39 is 0 Å². The molecule has 0 aliphatic rings. The molecule has 1 nitrogen and oxygen atoms in total. The number of benzene rings is 1.